The van der Waals surface area contributed by atoms with Crippen molar-refractivity contribution in [1.29, 1.82) is 0 Å². The molecule has 0 spiro atoms. The van der Waals surface area contributed by atoms with Gasteiger partial charge in [-0.05, 0) is 25.5 Å². The topological polar surface area (TPSA) is 73.0 Å². The summed E-state index contributed by atoms with van der Waals surface area (Å²) in [7, 11) is 1.89. The second-order valence-corrected chi connectivity index (χ2v) is 4.80. The standard InChI is InChI=1S/C14H18N4O2/c1-10-12(5-4-6-13(10)18(19)20)9-15-11(2)14-7-8-16-17(14)3/h4-8,11,15H,9H2,1-3H3. The number of nitro benzene ring substituents is 1. The van der Waals surface area contributed by atoms with Crippen molar-refractivity contribution in [2.75, 3.05) is 0 Å². The lowest BCUT2D eigenvalue weighted by atomic mass is 10.1. The van der Waals surface area contributed by atoms with E-state index in [0.717, 1.165) is 11.3 Å². The van der Waals surface area contributed by atoms with Gasteiger partial charge in [-0.15, -0.1) is 0 Å². The number of benzene rings is 1. The first kappa shape index (κ1) is 14.2. The molecule has 0 aliphatic heterocycles. The highest BCUT2D eigenvalue weighted by Crippen LogP contribution is 2.21. The van der Waals surface area contributed by atoms with E-state index >= 15 is 0 Å². The number of nitrogens with zero attached hydrogens (tertiary/aromatic N) is 3. The van der Waals surface area contributed by atoms with Gasteiger partial charge in [0.1, 0.15) is 0 Å². The molecule has 0 aliphatic rings. The van der Waals surface area contributed by atoms with Gasteiger partial charge in [-0.2, -0.15) is 5.10 Å². The van der Waals surface area contributed by atoms with E-state index in [1.807, 2.05) is 30.8 Å². The minimum Gasteiger partial charge on any atom is -0.305 e. The lowest BCUT2D eigenvalue weighted by molar-refractivity contribution is -0.385. The lowest BCUT2D eigenvalue weighted by Gasteiger charge is -2.15. The zero-order valence-electron chi connectivity index (χ0n) is 11.8. The van der Waals surface area contributed by atoms with Crippen LogP contribution < -0.4 is 5.32 Å². The molecule has 106 valence electrons. The molecule has 1 aromatic carbocycles. The highest BCUT2D eigenvalue weighted by molar-refractivity contribution is 5.44. The van der Waals surface area contributed by atoms with E-state index in [1.54, 1.807) is 19.2 Å². The van der Waals surface area contributed by atoms with Crippen LogP contribution in [0.25, 0.3) is 0 Å². The number of aromatic nitrogens is 2. The Bertz CT molecular complexity index is 621. The summed E-state index contributed by atoms with van der Waals surface area (Å²) in [5, 5.41) is 18.4. The van der Waals surface area contributed by atoms with Crippen molar-refractivity contribution in [2.24, 2.45) is 7.05 Å². The number of aryl methyl sites for hydroxylation is 1. The third-order valence-electron chi connectivity index (χ3n) is 3.52. The van der Waals surface area contributed by atoms with Crippen molar-refractivity contribution < 1.29 is 4.92 Å². The van der Waals surface area contributed by atoms with E-state index in [0.29, 0.717) is 12.1 Å². The van der Waals surface area contributed by atoms with Crippen LogP contribution in [0.3, 0.4) is 0 Å². The maximum absolute atomic E-state index is 10.9. The zero-order valence-corrected chi connectivity index (χ0v) is 11.8. The molecular formula is C14H18N4O2. The van der Waals surface area contributed by atoms with Crippen molar-refractivity contribution in [1.82, 2.24) is 15.1 Å². The van der Waals surface area contributed by atoms with Gasteiger partial charge in [0.2, 0.25) is 0 Å². The molecule has 0 fully saturated rings. The van der Waals surface area contributed by atoms with Gasteiger partial charge in [0.15, 0.2) is 0 Å². The lowest BCUT2D eigenvalue weighted by Crippen LogP contribution is -2.21. The van der Waals surface area contributed by atoms with Crippen molar-refractivity contribution in [2.45, 2.75) is 26.4 Å². The van der Waals surface area contributed by atoms with Gasteiger partial charge in [-0.3, -0.25) is 14.8 Å². The summed E-state index contributed by atoms with van der Waals surface area (Å²) in [5.74, 6) is 0. The van der Waals surface area contributed by atoms with Crippen LogP contribution in [0.5, 0.6) is 0 Å². The van der Waals surface area contributed by atoms with Gasteiger partial charge in [0, 0.05) is 37.5 Å². The first-order valence-electron chi connectivity index (χ1n) is 6.45. The van der Waals surface area contributed by atoms with E-state index in [-0.39, 0.29) is 16.7 Å². The predicted octanol–water partition coefficient (Wildman–Crippen LogP) is 2.49. The predicted molar refractivity (Wildman–Crippen MR) is 76.3 cm³/mol. The first-order chi connectivity index (χ1) is 9.50. The van der Waals surface area contributed by atoms with Crippen molar-refractivity contribution in [3.8, 4) is 0 Å². The van der Waals surface area contributed by atoms with Crippen LogP contribution in [0.2, 0.25) is 0 Å². The summed E-state index contributed by atoms with van der Waals surface area (Å²) in [6, 6.07) is 7.24. The Morgan fingerprint density at radius 2 is 2.20 bits per heavy atom. The quantitative estimate of drug-likeness (QED) is 0.671. The fourth-order valence-electron chi connectivity index (χ4n) is 2.24. The zero-order chi connectivity index (χ0) is 14.7. The molecule has 6 nitrogen and oxygen atoms in total. The number of hydrogen-bond donors (Lipinski definition) is 1. The van der Waals surface area contributed by atoms with Crippen LogP contribution in [0.15, 0.2) is 30.5 Å². The van der Waals surface area contributed by atoms with Gasteiger partial charge in [-0.1, -0.05) is 12.1 Å². The molecule has 6 heteroatoms. The maximum atomic E-state index is 10.9. The average Bonchev–Trinajstić information content (AvgIpc) is 2.83. The van der Waals surface area contributed by atoms with Crippen molar-refractivity contribution in [3.05, 3.63) is 57.4 Å². The van der Waals surface area contributed by atoms with Gasteiger partial charge >= 0.3 is 0 Å². The third kappa shape index (κ3) is 2.85. The van der Waals surface area contributed by atoms with E-state index < -0.39 is 0 Å². The molecule has 2 aromatic rings. The molecule has 0 aliphatic carbocycles. The first-order valence-corrected chi connectivity index (χ1v) is 6.45. The monoisotopic (exact) mass is 274 g/mol. The van der Waals surface area contributed by atoms with Gasteiger partial charge in [0.05, 0.1) is 10.6 Å². The molecule has 1 heterocycles. The molecule has 1 atom stereocenters. The van der Waals surface area contributed by atoms with Crippen LogP contribution in [-0.4, -0.2) is 14.7 Å². The summed E-state index contributed by atoms with van der Waals surface area (Å²) in [6.07, 6.45) is 1.76. The second kappa shape index (κ2) is 5.83. The molecule has 1 aromatic heterocycles. The Balaban J connectivity index is 2.10. The van der Waals surface area contributed by atoms with E-state index in [9.17, 15) is 10.1 Å². The summed E-state index contributed by atoms with van der Waals surface area (Å²) in [5.41, 5.74) is 2.89. The third-order valence-corrected chi connectivity index (χ3v) is 3.52. The molecule has 0 saturated carbocycles. The minimum atomic E-state index is -0.344. The Kier molecular flexibility index (Phi) is 4.14. The summed E-state index contributed by atoms with van der Waals surface area (Å²) >= 11 is 0. The van der Waals surface area contributed by atoms with Crippen LogP contribution in [0.4, 0.5) is 5.69 Å². The van der Waals surface area contributed by atoms with E-state index in [4.69, 9.17) is 0 Å². The molecule has 0 amide bonds. The minimum absolute atomic E-state index is 0.126. The largest absolute Gasteiger partial charge is 0.305 e. The van der Waals surface area contributed by atoms with Gasteiger partial charge in [-0.25, -0.2) is 0 Å². The smallest absolute Gasteiger partial charge is 0.272 e. The number of hydrogen-bond acceptors (Lipinski definition) is 4. The van der Waals surface area contributed by atoms with Gasteiger partial charge in [0.25, 0.3) is 5.69 Å². The Morgan fingerprint density at radius 1 is 1.45 bits per heavy atom. The summed E-state index contributed by atoms with van der Waals surface area (Å²) in [4.78, 5) is 10.6. The van der Waals surface area contributed by atoms with Crippen LogP contribution in [-0.2, 0) is 13.6 Å². The summed E-state index contributed by atoms with van der Waals surface area (Å²) in [6.45, 7) is 4.41. The number of nitrogens with one attached hydrogen (secondary N) is 1. The fourth-order valence-corrected chi connectivity index (χ4v) is 2.24. The van der Waals surface area contributed by atoms with Gasteiger partial charge < -0.3 is 5.32 Å². The number of rotatable bonds is 5. The van der Waals surface area contributed by atoms with Crippen molar-refractivity contribution >= 4 is 5.69 Å². The highest BCUT2D eigenvalue weighted by atomic mass is 16.6. The Morgan fingerprint density at radius 3 is 2.80 bits per heavy atom. The Labute approximate surface area is 117 Å². The SMILES string of the molecule is Cc1c(CNC(C)c2ccnn2C)cccc1[N+](=O)[O-]. The average molecular weight is 274 g/mol. The molecular weight excluding hydrogens is 256 g/mol. The van der Waals surface area contributed by atoms with E-state index in [2.05, 4.69) is 10.4 Å². The Hall–Kier alpha value is -2.21. The van der Waals surface area contributed by atoms with Crippen LogP contribution in [0.1, 0.15) is 29.8 Å². The van der Waals surface area contributed by atoms with Crippen LogP contribution >= 0.6 is 0 Å². The highest BCUT2D eigenvalue weighted by Gasteiger charge is 2.14. The maximum Gasteiger partial charge on any atom is 0.272 e. The molecule has 20 heavy (non-hydrogen) atoms. The van der Waals surface area contributed by atoms with E-state index in [1.165, 1.54) is 6.07 Å². The molecule has 0 saturated heterocycles. The molecule has 1 N–H and O–H groups in total. The van der Waals surface area contributed by atoms with Crippen molar-refractivity contribution in [3.63, 3.8) is 0 Å². The molecule has 0 radical (unpaired) electrons. The fraction of sp³-hybridized carbons (Fsp3) is 0.357. The molecule has 1 unspecified atom stereocenters. The summed E-state index contributed by atoms with van der Waals surface area (Å²) < 4.78 is 1.82. The molecule has 0 bridgehead atoms. The normalized spacial score (nSPS) is 12.3. The van der Waals surface area contributed by atoms with Crippen LogP contribution in [0, 0.1) is 17.0 Å². The number of nitro groups is 1. The second-order valence-electron chi connectivity index (χ2n) is 4.80. The molecule has 2 rings (SSSR count).